The van der Waals surface area contributed by atoms with Crippen LogP contribution in [0.15, 0.2) is 62.2 Å². The van der Waals surface area contributed by atoms with Crippen molar-refractivity contribution in [1.82, 2.24) is 14.0 Å². The topological polar surface area (TPSA) is 65.3 Å². The van der Waals surface area contributed by atoms with Crippen LogP contribution in [0.4, 0.5) is 0 Å². The van der Waals surface area contributed by atoms with Crippen LogP contribution < -0.4 is 0 Å². The Balaban J connectivity index is 1.42. The van der Waals surface area contributed by atoms with Gasteiger partial charge in [-0.05, 0) is 46.6 Å². The molecule has 1 unspecified atom stereocenters. The zero-order valence-corrected chi connectivity index (χ0v) is 25.7. The summed E-state index contributed by atoms with van der Waals surface area (Å²) < 4.78 is 34.7. The summed E-state index contributed by atoms with van der Waals surface area (Å²) in [6.45, 7) is 3.15. The Labute approximate surface area is 234 Å². The largest absolute Gasteiger partial charge is 0.347 e. The molecule has 6 rings (SSSR count). The van der Waals surface area contributed by atoms with Crippen molar-refractivity contribution in [3.8, 4) is 0 Å². The summed E-state index contributed by atoms with van der Waals surface area (Å²) >= 11 is 21.5. The molecule has 0 N–H and O–H groups in total. The predicted octanol–water partition coefficient (Wildman–Crippen LogP) is 8.28. The van der Waals surface area contributed by atoms with Gasteiger partial charge in [-0.15, -0.1) is 0 Å². The van der Waals surface area contributed by atoms with Crippen LogP contribution in [0.3, 0.4) is 0 Å². The van der Waals surface area contributed by atoms with Crippen molar-refractivity contribution in [3.05, 3.63) is 48.6 Å². The van der Waals surface area contributed by atoms with Gasteiger partial charge in [-0.2, -0.15) is 13.5 Å². The predicted molar refractivity (Wildman–Crippen MR) is 157 cm³/mol. The van der Waals surface area contributed by atoms with Crippen LogP contribution in [0.25, 0.3) is 0 Å². The Hall–Kier alpha value is 0.320. The fourth-order valence-corrected chi connectivity index (χ4v) is 22.2. The van der Waals surface area contributed by atoms with E-state index in [-0.39, 0.29) is 0 Å². The molecule has 3 saturated heterocycles. The Kier molecular flexibility index (Phi) is 8.14. The van der Waals surface area contributed by atoms with Gasteiger partial charge in [-0.25, -0.2) is 14.0 Å². The van der Waals surface area contributed by atoms with Crippen molar-refractivity contribution in [1.29, 1.82) is 0 Å². The van der Waals surface area contributed by atoms with Crippen LogP contribution in [-0.2, 0) is 9.47 Å². The second-order valence-corrected chi connectivity index (χ2v) is 21.7. The fourth-order valence-electron chi connectivity index (χ4n) is 5.83. The highest BCUT2D eigenvalue weighted by Crippen LogP contribution is 2.86. The van der Waals surface area contributed by atoms with Crippen molar-refractivity contribution in [2.75, 3.05) is 52.5 Å². The second kappa shape index (κ2) is 11.0. The normalized spacial score (nSPS) is 33.7. The molecule has 0 aromatic heterocycles. The van der Waals surface area contributed by atoms with Gasteiger partial charge in [0.1, 0.15) is 0 Å². The van der Waals surface area contributed by atoms with Gasteiger partial charge >= 0.3 is 0 Å². The molecule has 14 heteroatoms. The van der Waals surface area contributed by atoms with E-state index in [4.69, 9.17) is 56.7 Å². The third kappa shape index (κ3) is 5.74. The highest BCUT2D eigenvalue weighted by atomic mass is 35.9. The van der Waals surface area contributed by atoms with Crippen molar-refractivity contribution in [2.45, 2.75) is 31.5 Å². The van der Waals surface area contributed by atoms with Gasteiger partial charge in [-0.1, -0.05) is 48.6 Å². The summed E-state index contributed by atoms with van der Waals surface area (Å²) in [5.41, 5.74) is 0. The minimum atomic E-state index is -3.07. The van der Waals surface area contributed by atoms with Crippen LogP contribution in [0.2, 0.25) is 0 Å². The zero-order chi connectivity index (χ0) is 25.6. The molecule has 3 fully saturated rings. The molecule has 1 atom stereocenters. The molecule has 6 aliphatic rings. The van der Waals surface area contributed by atoms with E-state index < -0.39 is 25.9 Å². The molecule has 2 aliphatic carbocycles. The van der Waals surface area contributed by atoms with Crippen molar-refractivity contribution >= 4 is 53.8 Å². The number of rotatable bonds is 5. The molecule has 0 bridgehead atoms. The molecule has 0 aromatic carbocycles. The van der Waals surface area contributed by atoms with E-state index in [2.05, 4.69) is 62.6 Å². The Bertz CT molecular complexity index is 1110. The molecule has 8 nitrogen and oxygen atoms in total. The van der Waals surface area contributed by atoms with E-state index in [1.165, 1.54) is 0 Å². The van der Waals surface area contributed by atoms with E-state index in [9.17, 15) is 0 Å². The smallest absolute Gasteiger partial charge is 0.257 e. The average Bonchev–Trinajstić information content (AvgIpc) is 3.62. The van der Waals surface area contributed by atoms with Gasteiger partial charge in [0, 0.05) is 63.9 Å². The van der Waals surface area contributed by atoms with E-state index in [0.717, 1.165) is 51.9 Å². The van der Waals surface area contributed by atoms with E-state index in [0.29, 0.717) is 38.1 Å². The molecule has 4 aliphatic heterocycles. The molecule has 4 heterocycles. The van der Waals surface area contributed by atoms with E-state index in [1.54, 1.807) is 0 Å². The average molecular weight is 626 g/mol. The quantitative estimate of drug-likeness (QED) is 0.288. The summed E-state index contributed by atoms with van der Waals surface area (Å²) in [6, 6.07) is 0. The molecule has 0 radical (unpaired) electrons. The van der Waals surface area contributed by atoms with E-state index in [1.807, 2.05) is 0 Å². The first kappa shape index (κ1) is 27.5. The Morgan fingerprint density at radius 2 is 1.24 bits per heavy atom. The van der Waals surface area contributed by atoms with Gasteiger partial charge in [0.15, 0.2) is 5.79 Å². The highest BCUT2D eigenvalue weighted by molar-refractivity contribution is 8.15. The van der Waals surface area contributed by atoms with Crippen LogP contribution in [0, 0.1) is 11.8 Å². The number of allylic oxidation sites excluding steroid dienone is 4. The number of halogens is 3. The first-order valence-electron chi connectivity index (χ1n) is 13.0. The standard InChI is InChI=1S/C23H34Cl3N6O2P3/c24-35(25)27-36(26,30-15-11-23(12-16-30)33-17-18-34-23)29-37(28-35)31(19-21-7-1-2-8-21)13-5-6-14-32(37)20-22-9-3-4-10-22/h1-4,7-10,21-22H,5-6,11-20H2. The number of ether oxygens (including phenoxy) is 2. The Morgan fingerprint density at radius 3 is 1.76 bits per heavy atom. The molecule has 2 spiro atoms. The van der Waals surface area contributed by atoms with Gasteiger partial charge in [-0.3, -0.25) is 0 Å². The van der Waals surface area contributed by atoms with Crippen LogP contribution in [-0.4, -0.2) is 72.3 Å². The van der Waals surface area contributed by atoms with Gasteiger partial charge in [0.25, 0.3) is 5.91 Å². The number of hydrogen-bond acceptors (Lipinski definition) is 8. The lowest BCUT2D eigenvalue weighted by atomic mass is 10.1. The maximum atomic E-state index is 7.51. The minimum Gasteiger partial charge on any atom is -0.347 e. The monoisotopic (exact) mass is 624 g/mol. The number of piperidine rings is 1. The summed E-state index contributed by atoms with van der Waals surface area (Å²) in [7, 11) is -2.71. The number of hydrogen-bond donors (Lipinski definition) is 0. The van der Waals surface area contributed by atoms with Crippen molar-refractivity contribution in [2.24, 2.45) is 25.4 Å². The lowest BCUT2D eigenvalue weighted by molar-refractivity contribution is -0.179. The molecule has 37 heavy (non-hydrogen) atoms. The fraction of sp³-hybridized carbons (Fsp3) is 0.652. The SMILES string of the molecule is ClP1(Cl)=NP(Cl)(N2CCC3(CC2)OCCO3)=NP2(=N1)N(CC1C=CC=C1)CCCCN2CC1C=CC=C1. The van der Waals surface area contributed by atoms with Crippen LogP contribution in [0.5, 0.6) is 0 Å². The summed E-state index contributed by atoms with van der Waals surface area (Å²) in [5.74, 6) is -2.96. The maximum Gasteiger partial charge on any atom is 0.257 e. The number of nitrogens with zero attached hydrogens (tertiary/aromatic N) is 6. The van der Waals surface area contributed by atoms with Gasteiger partial charge in [0.2, 0.25) is 14.2 Å². The lowest BCUT2D eigenvalue weighted by Gasteiger charge is -2.46. The second-order valence-electron chi connectivity index (χ2n) is 10.2. The first-order valence-corrected chi connectivity index (χ1v) is 20.7. The summed E-state index contributed by atoms with van der Waals surface area (Å²) in [5, 5.41) is 0. The van der Waals surface area contributed by atoms with Gasteiger partial charge in [0.05, 0.1) is 13.2 Å². The minimum absolute atomic E-state index is 0.306. The van der Waals surface area contributed by atoms with Crippen LogP contribution in [0.1, 0.15) is 25.7 Å². The first-order chi connectivity index (χ1) is 17.8. The van der Waals surface area contributed by atoms with Crippen molar-refractivity contribution < 1.29 is 9.47 Å². The molecular formula is C23H34Cl3N6O2P3. The molecule has 0 saturated carbocycles. The van der Waals surface area contributed by atoms with E-state index >= 15 is 0 Å². The molecule has 0 amide bonds. The molecule has 204 valence electrons. The lowest BCUT2D eigenvalue weighted by Crippen LogP contribution is -2.43. The van der Waals surface area contributed by atoms with Gasteiger partial charge < -0.3 is 9.47 Å². The van der Waals surface area contributed by atoms with Crippen molar-refractivity contribution in [3.63, 3.8) is 0 Å². The summed E-state index contributed by atoms with van der Waals surface area (Å²) in [6.07, 6.45) is 21.0. The van der Waals surface area contributed by atoms with Crippen LogP contribution >= 0.6 is 53.8 Å². The summed E-state index contributed by atoms with van der Waals surface area (Å²) in [4.78, 5) is 0. The zero-order valence-electron chi connectivity index (χ0n) is 20.7. The molecular weight excluding hydrogens is 592 g/mol. The Morgan fingerprint density at radius 1 is 0.730 bits per heavy atom. The third-order valence-electron chi connectivity index (χ3n) is 7.70. The maximum absolute atomic E-state index is 7.51. The molecule has 0 aromatic rings. The third-order valence-corrected chi connectivity index (χ3v) is 20.8. The highest BCUT2D eigenvalue weighted by Gasteiger charge is 2.48.